The maximum atomic E-state index is 5.91. The molecule has 0 saturated heterocycles. The van der Waals surface area contributed by atoms with Crippen LogP contribution in [-0.4, -0.2) is 35.0 Å². The molecule has 0 heterocycles. The minimum absolute atomic E-state index is 0.733. The Morgan fingerprint density at radius 1 is 0.828 bits per heavy atom. The molecule has 0 fully saturated rings. The first-order valence-corrected chi connectivity index (χ1v) is 13.3. The van der Waals surface area contributed by atoms with Gasteiger partial charge >= 0.3 is 8.56 Å². The summed E-state index contributed by atoms with van der Waals surface area (Å²) in [6.45, 7) is 10.3. The average Bonchev–Trinajstić information content (AvgIpc) is 2.72. The molecule has 5 heteroatoms. The third kappa shape index (κ3) is 5.87. The van der Waals surface area contributed by atoms with E-state index < -0.39 is 8.56 Å². The summed E-state index contributed by atoms with van der Waals surface area (Å²) >= 11 is 0. The molecule has 0 saturated carbocycles. The zero-order valence-electron chi connectivity index (χ0n) is 18.0. The molecule has 0 aliphatic rings. The van der Waals surface area contributed by atoms with Gasteiger partial charge in [-0.1, -0.05) is 48.5 Å². The van der Waals surface area contributed by atoms with Crippen LogP contribution in [0.4, 0.5) is 0 Å². The van der Waals surface area contributed by atoms with Gasteiger partial charge in [0.1, 0.15) is 0 Å². The van der Waals surface area contributed by atoms with Crippen molar-refractivity contribution in [2.75, 3.05) is 26.4 Å². The Kier molecular flexibility index (Phi) is 8.21. The van der Waals surface area contributed by atoms with Gasteiger partial charge in [0, 0.05) is 26.4 Å². The second-order valence-electron chi connectivity index (χ2n) is 7.50. The van der Waals surface area contributed by atoms with Crippen molar-refractivity contribution in [2.45, 2.75) is 39.4 Å². The lowest BCUT2D eigenvalue weighted by Gasteiger charge is -2.25. The summed E-state index contributed by atoms with van der Waals surface area (Å²) in [4.78, 5) is 0. The van der Waals surface area contributed by atoms with Crippen LogP contribution in [0.3, 0.4) is 0 Å². The van der Waals surface area contributed by atoms with E-state index in [1.807, 2.05) is 13.8 Å². The van der Waals surface area contributed by atoms with Crippen LogP contribution >= 0.6 is 0 Å². The molecular formula is C24H34N2O2Si. The van der Waals surface area contributed by atoms with Gasteiger partial charge in [0.25, 0.3) is 0 Å². The summed E-state index contributed by atoms with van der Waals surface area (Å²) in [5.74, 6) is 0. The van der Waals surface area contributed by atoms with E-state index in [2.05, 4.69) is 71.8 Å². The van der Waals surface area contributed by atoms with Crippen LogP contribution < -0.4 is 10.6 Å². The maximum absolute atomic E-state index is 5.91. The van der Waals surface area contributed by atoms with Crippen LogP contribution in [-0.2, 0) is 15.4 Å². The fourth-order valence-electron chi connectivity index (χ4n) is 3.99. The molecule has 0 radical (unpaired) electrons. The van der Waals surface area contributed by atoms with Crippen LogP contribution in [0.1, 0.15) is 25.8 Å². The van der Waals surface area contributed by atoms with E-state index in [1.165, 1.54) is 27.1 Å². The fraction of sp³-hybridized carbons (Fsp3) is 0.417. The first-order valence-electron chi connectivity index (χ1n) is 10.8. The van der Waals surface area contributed by atoms with Gasteiger partial charge in [-0.25, -0.2) is 0 Å². The molecule has 0 aliphatic carbocycles. The molecule has 156 valence electrons. The number of hydrogen-bond acceptors (Lipinski definition) is 4. The second-order valence-corrected chi connectivity index (χ2v) is 10.8. The third-order valence-electron chi connectivity index (χ3n) is 5.32. The molecule has 0 aromatic heterocycles. The highest BCUT2D eigenvalue weighted by Crippen LogP contribution is 2.28. The predicted octanol–water partition coefficient (Wildman–Crippen LogP) is 5.16. The van der Waals surface area contributed by atoms with Crippen molar-refractivity contribution in [3.05, 3.63) is 60.2 Å². The normalized spacial score (nSPS) is 12.1. The van der Waals surface area contributed by atoms with E-state index in [1.54, 1.807) is 0 Å². The lowest BCUT2D eigenvalue weighted by atomic mass is 9.97. The summed E-state index contributed by atoms with van der Waals surface area (Å²) < 4.78 is 11.8. The molecule has 3 aromatic carbocycles. The number of fused-ring (bicyclic) bond motifs is 2. The Balaban J connectivity index is 1.52. The van der Waals surface area contributed by atoms with Gasteiger partial charge in [-0.3, -0.25) is 0 Å². The molecule has 2 N–H and O–H groups in total. The Morgan fingerprint density at radius 2 is 1.41 bits per heavy atom. The first-order chi connectivity index (χ1) is 14.2. The van der Waals surface area contributed by atoms with Gasteiger partial charge in [0.2, 0.25) is 0 Å². The highest BCUT2D eigenvalue weighted by atomic mass is 28.4. The fourth-order valence-corrected chi connectivity index (χ4v) is 6.41. The lowest BCUT2D eigenvalue weighted by molar-refractivity contribution is 0.188. The van der Waals surface area contributed by atoms with Gasteiger partial charge < -0.3 is 19.5 Å². The van der Waals surface area contributed by atoms with Crippen molar-refractivity contribution in [1.82, 2.24) is 10.6 Å². The highest BCUT2D eigenvalue weighted by Gasteiger charge is 2.29. The minimum atomic E-state index is -1.99. The van der Waals surface area contributed by atoms with Crippen molar-refractivity contribution in [3.63, 3.8) is 0 Å². The quantitative estimate of drug-likeness (QED) is 0.187. The van der Waals surface area contributed by atoms with Gasteiger partial charge in [-0.05, 0) is 72.6 Å². The molecule has 0 unspecified atom stereocenters. The van der Waals surface area contributed by atoms with Crippen LogP contribution in [0.25, 0.3) is 21.5 Å². The summed E-state index contributed by atoms with van der Waals surface area (Å²) in [6, 6.07) is 20.6. The Bertz CT molecular complexity index is 856. The number of rotatable bonds is 12. The van der Waals surface area contributed by atoms with Crippen LogP contribution in [0.2, 0.25) is 12.6 Å². The Morgan fingerprint density at radius 3 is 2.00 bits per heavy atom. The van der Waals surface area contributed by atoms with E-state index in [0.717, 1.165) is 45.4 Å². The molecule has 0 spiro atoms. The molecular weight excluding hydrogens is 376 g/mol. The van der Waals surface area contributed by atoms with Crippen LogP contribution in [0.5, 0.6) is 0 Å². The standard InChI is InChI=1S/C24H34N2O2Si/c1-4-27-29(3,28-5-2)16-10-15-25-19-26-18-24-22-13-8-6-11-20(22)17-21-12-7-9-14-23(21)24/h6-9,11-14,17,25-26H,4-5,10,15-16,18-19H2,1-3H3. The van der Waals surface area contributed by atoms with E-state index in [4.69, 9.17) is 8.85 Å². The zero-order chi connectivity index (χ0) is 20.5. The summed E-state index contributed by atoms with van der Waals surface area (Å²) in [5.41, 5.74) is 1.37. The Hall–Kier alpha value is -1.76. The molecule has 3 rings (SSSR count). The number of nitrogens with one attached hydrogen (secondary N) is 2. The molecule has 0 atom stereocenters. The van der Waals surface area contributed by atoms with Gasteiger partial charge in [0.05, 0.1) is 0 Å². The predicted molar refractivity (Wildman–Crippen MR) is 125 cm³/mol. The number of benzene rings is 3. The Labute approximate surface area is 175 Å². The molecule has 0 aliphatic heterocycles. The van der Waals surface area contributed by atoms with Crippen molar-refractivity contribution < 1.29 is 8.85 Å². The SMILES string of the molecule is CCO[Si](C)(CCCNCNCc1c2ccccc2cc2ccccc12)OCC. The highest BCUT2D eigenvalue weighted by molar-refractivity contribution is 6.66. The largest absolute Gasteiger partial charge is 0.395 e. The lowest BCUT2D eigenvalue weighted by Crippen LogP contribution is -2.39. The van der Waals surface area contributed by atoms with Crippen LogP contribution in [0.15, 0.2) is 54.6 Å². The molecule has 29 heavy (non-hydrogen) atoms. The van der Waals surface area contributed by atoms with E-state index in [9.17, 15) is 0 Å². The summed E-state index contributed by atoms with van der Waals surface area (Å²) in [7, 11) is -1.99. The topological polar surface area (TPSA) is 42.5 Å². The minimum Gasteiger partial charge on any atom is -0.395 e. The first kappa shape index (κ1) is 21.9. The maximum Gasteiger partial charge on any atom is 0.334 e. The summed E-state index contributed by atoms with van der Waals surface area (Å²) in [6.07, 6.45) is 1.07. The second kappa shape index (κ2) is 10.9. The van der Waals surface area contributed by atoms with Gasteiger partial charge in [0.15, 0.2) is 0 Å². The van der Waals surface area contributed by atoms with E-state index in [0.29, 0.717) is 0 Å². The third-order valence-corrected chi connectivity index (χ3v) is 8.38. The van der Waals surface area contributed by atoms with Gasteiger partial charge in [-0.15, -0.1) is 0 Å². The van der Waals surface area contributed by atoms with E-state index in [-0.39, 0.29) is 0 Å². The molecule has 3 aromatic rings. The molecule has 0 bridgehead atoms. The summed E-state index contributed by atoms with van der Waals surface area (Å²) in [5, 5.41) is 12.3. The zero-order valence-corrected chi connectivity index (χ0v) is 19.0. The van der Waals surface area contributed by atoms with Crippen molar-refractivity contribution >= 4 is 30.1 Å². The monoisotopic (exact) mass is 410 g/mol. The van der Waals surface area contributed by atoms with Crippen molar-refractivity contribution in [1.29, 1.82) is 0 Å². The van der Waals surface area contributed by atoms with Crippen LogP contribution in [0, 0.1) is 0 Å². The van der Waals surface area contributed by atoms with Gasteiger partial charge in [-0.2, -0.15) is 0 Å². The van der Waals surface area contributed by atoms with Crippen molar-refractivity contribution in [3.8, 4) is 0 Å². The number of hydrogen-bond donors (Lipinski definition) is 2. The molecule has 4 nitrogen and oxygen atoms in total. The smallest absolute Gasteiger partial charge is 0.334 e. The average molecular weight is 411 g/mol. The molecule has 0 amide bonds. The van der Waals surface area contributed by atoms with Crippen molar-refractivity contribution in [2.24, 2.45) is 0 Å². The van der Waals surface area contributed by atoms with E-state index >= 15 is 0 Å².